The average molecular weight is 360 g/mol. The lowest BCUT2D eigenvalue weighted by Gasteiger charge is -2.28. The van der Waals surface area contributed by atoms with Gasteiger partial charge in [0.2, 0.25) is 11.8 Å². The molecule has 1 N–H and O–H groups in total. The van der Waals surface area contributed by atoms with Crippen LogP contribution in [0.15, 0.2) is 30.3 Å². The summed E-state index contributed by atoms with van der Waals surface area (Å²) >= 11 is 0. The van der Waals surface area contributed by atoms with Gasteiger partial charge < -0.3 is 14.9 Å². The van der Waals surface area contributed by atoms with Gasteiger partial charge in [-0.3, -0.25) is 14.4 Å². The van der Waals surface area contributed by atoms with Crippen molar-refractivity contribution < 1.29 is 19.5 Å². The van der Waals surface area contributed by atoms with Crippen LogP contribution in [-0.4, -0.2) is 52.3 Å². The SMILES string of the molecule is CC(C)CN(CCC(=O)O)C(=O)C1CC(=O)N(C(C)c2ccccc2)C1. The normalized spacial score (nSPS) is 18.2. The van der Waals surface area contributed by atoms with E-state index in [1.807, 2.05) is 51.1 Å². The molecule has 0 radical (unpaired) electrons. The van der Waals surface area contributed by atoms with E-state index in [1.54, 1.807) is 9.80 Å². The second-order valence-corrected chi connectivity index (χ2v) is 7.36. The summed E-state index contributed by atoms with van der Waals surface area (Å²) < 4.78 is 0. The van der Waals surface area contributed by atoms with E-state index in [-0.39, 0.29) is 43.2 Å². The van der Waals surface area contributed by atoms with Gasteiger partial charge in [-0.15, -0.1) is 0 Å². The van der Waals surface area contributed by atoms with Gasteiger partial charge in [0.15, 0.2) is 0 Å². The Kier molecular flexibility index (Phi) is 6.77. The molecule has 1 aliphatic rings. The number of hydrogen-bond acceptors (Lipinski definition) is 3. The molecule has 1 fully saturated rings. The van der Waals surface area contributed by atoms with E-state index in [9.17, 15) is 14.4 Å². The number of carbonyl (C=O) groups excluding carboxylic acids is 2. The molecule has 0 aliphatic carbocycles. The highest BCUT2D eigenvalue weighted by atomic mass is 16.4. The van der Waals surface area contributed by atoms with Crippen molar-refractivity contribution in [3.8, 4) is 0 Å². The van der Waals surface area contributed by atoms with Crippen molar-refractivity contribution in [2.75, 3.05) is 19.6 Å². The van der Waals surface area contributed by atoms with Crippen LogP contribution in [0.5, 0.6) is 0 Å². The smallest absolute Gasteiger partial charge is 0.305 e. The first kappa shape index (κ1) is 19.9. The molecule has 0 spiro atoms. The first-order valence-corrected chi connectivity index (χ1v) is 9.14. The Bertz CT molecular complexity index is 644. The Hall–Kier alpha value is -2.37. The van der Waals surface area contributed by atoms with Crippen LogP contribution >= 0.6 is 0 Å². The molecular weight excluding hydrogens is 332 g/mol. The molecule has 0 saturated carbocycles. The van der Waals surface area contributed by atoms with Gasteiger partial charge in [-0.2, -0.15) is 0 Å². The zero-order valence-electron chi connectivity index (χ0n) is 15.7. The zero-order valence-corrected chi connectivity index (χ0v) is 15.7. The van der Waals surface area contributed by atoms with Crippen molar-refractivity contribution in [1.29, 1.82) is 0 Å². The molecule has 2 unspecified atom stereocenters. The predicted octanol–water partition coefficient (Wildman–Crippen LogP) is 2.56. The van der Waals surface area contributed by atoms with E-state index < -0.39 is 11.9 Å². The van der Waals surface area contributed by atoms with Crippen LogP contribution in [0.25, 0.3) is 0 Å². The lowest BCUT2D eigenvalue weighted by Crippen LogP contribution is -2.41. The molecule has 2 rings (SSSR count). The van der Waals surface area contributed by atoms with Crippen molar-refractivity contribution in [3.05, 3.63) is 35.9 Å². The van der Waals surface area contributed by atoms with Gasteiger partial charge in [0.25, 0.3) is 0 Å². The van der Waals surface area contributed by atoms with E-state index in [0.29, 0.717) is 13.1 Å². The Morgan fingerprint density at radius 3 is 2.46 bits per heavy atom. The molecule has 1 heterocycles. The number of nitrogens with zero attached hydrogens (tertiary/aromatic N) is 2. The third kappa shape index (κ3) is 5.07. The fourth-order valence-electron chi connectivity index (χ4n) is 3.40. The number of amides is 2. The number of carboxylic acid groups (broad SMARTS) is 1. The number of carboxylic acids is 1. The number of benzene rings is 1. The van der Waals surface area contributed by atoms with E-state index in [1.165, 1.54) is 0 Å². The van der Waals surface area contributed by atoms with Crippen molar-refractivity contribution in [1.82, 2.24) is 9.80 Å². The predicted molar refractivity (Wildman–Crippen MR) is 98.3 cm³/mol. The summed E-state index contributed by atoms with van der Waals surface area (Å²) in [5.74, 6) is -1.22. The highest BCUT2D eigenvalue weighted by Gasteiger charge is 2.38. The Morgan fingerprint density at radius 1 is 1.23 bits per heavy atom. The molecule has 6 heteroatoms. The van der Waals surface area contributed by atoms with E-state index >= 15 is 0 Å². The maximum Gasteiger partial charge on any atom is 0.305 e. The minimum absolute atomic E-state index is 0.0255. The van der Waals surface area contributed by atoms with Gasteiger partial charge in [0.05, 0.1) is 18.4 Å². The Balaban J connectivity index is 2.06. The molecule has 0 aromatic heterocycles. The Morgan fingerprint density at radius 2 is 1.88 bits per heavy atom. The van der Waals surface area contributed by atoms with Crippen LogP contribution in [0.1, 0.15) is 45.2 Å². The zero-order chi connectivity index (χ0) is 19.3. The highest BCUT2D eigenvalue weighted by molar-refractivity contribution is 5.89. The quantitative estimate of drug-likeness (QED) is 0.773. The standard InChI is InChI=1S/C20H28N2O4/c1-14(2)12-21(10-9-19(24)25)20(26)17-11-18(23)22(13-17)15(3)16-7-5-4-6-8-16/h4-8,14-15,17H,9-13H2,1-3H3,(H,24,25). The van der Waals surface area contributed by atoms with Crippen LogP contribution in [-0.2, 0) is 14.4 Å². The summed E-state index contributed by atoms with van der Waals surface area (Å²) in [5, 5.41) is 8.93. The summed E-state index contributed by atoms with van der Waals surface area (Å²) in [6.45, 7) is 7.03. The van der Waals surface area contributed by atoms with Crippen molar-refractivity contribution in [2.24, 2.45) is 11.8 Å². The highest BCUT2D eigenvalue weighted by Crippen LogP contribution is 2.29. The molecule has 2 atom stereocenters. The van der Waals surface area contributed by atoms with Gasteiger partial charge >= 0.3 is 5.97 Å². The fourth-order valence-corrected chi connectivity index (χ4v) is 3.40. The third-order valence-corrected chi connectivity index (χ3v) is 4.75. The maximum absolute atomic E-state index is 12.9. The summed E-state index contributed by atoms with van der Waals surface area (Å²) in [7, 11) is 0. The van der Waals surface area contributed by atoms with Gasteiger partial charge in [0.1, 0.15) is 0 Å². The first-order chi connectivity index (χ1) is 12.3. The second kappa shape index (κ2) is 8.83. The summed E-state index contributed by atoms with van der Waals surface area (Å²) in [6, 6.07) is 9.67. The van der Waals surface area contributed by atoms with Gasteiger partial charge in [-0.25, -0.2) is 0 Å². The molecule has 0 bridgehead atoms. The van der Waals surface area contributed by atoms with Crippen LogP contribution < -0.4 is 0 Å². The lowest BCUT2D eigenvalue weighted by molar-refractivity contribution is -0.140. The van der Waals surface area contributed by atoms with E-state index in [4.69, 9.17) is 5.11 Å². The molecule has 142 valence electrons. The second-order valence-electron chi connectivity index (χ2n) is 7.36. The monoisotopic (exact) mass is 360 g/mol. The fraction of sp³-hybridized carbons (Fsp3) is 0.550. The summed E-state index contributed by atoms with van der Waals surface area (Å²) in [6.07, 6.45) is 0.112. The van der Waals surface area contributed by atoms with E-state index in [0.717, 1.165) is 5.56 Å². The van der Waals surface area contributed by atoms with E-state index in [2.05, 4.69) is 0 Å². The number of hydrogen-bond donors (Lipinski definition) is 1. The number of aliphatic carboxylic acids is 1. The van der Waals surface area contributed by atoms with Crippen molar-refractivity contribution in [2.45, 2.75) is 39.7 Å². The summed E-state index contributed by atoms with van der Waals surface area (Å²) in [4.78, 5) is 39.6. The van der Waals surface area contributed by atoms with Crippen LogP contribution in [0, 0.1) is 11.8 Å². The Labute approximate surface area is 154 Å². The maximum atomic E-state index is 12.9. The number of likely N-dealkylation sites (tertiary alicyclic amines) is 1. The third-order valence-electron chi connectivity index (χ3n) is 4.75. The molecule has 1 aromatic carbocycles. The number of carbonyl (C=O) groups is 3. The molecule has 1 aliphatic heterocycles. The van der Waals surface area contributed by atoms with Crippen LogP contribution in [0.2, 0.25) is 0 Å². The van der Waals surface area contributed by atoms with Gasteiger partial charge in [-0.1, -0.05) is 44.2 Å². The largest absolute Gasteiger partial charge is 0.481 e. The minimum Gasteiger partial charge on any atom is -0.481 e. The lowest BCUT2D eigenvalue weighted by atomic mass is 10.1. The van der Waals surface area contributed by atoms with Crippen LogP contribution in [0.4, 0.5) is 0 Å². The average Bonchev–Trinajstić information content (AvgIpc) is 2.99. The summed E-state index contributed by atoms with van der Waals surface area (Å²) in [5.41, 5.74) is 1.04. The van der Waals surface area contributed by atoms with Crippen molar-refractivity contribution in [3.63, 3.8) is 0 Å². The number of rotatable bonds is 8. The molecule has 2 amide bonds. The molecular formula is C20H28N2O4. The molecule has 1 saturated heterocycles. The van der Waals surface area contributed by atoms with Crippen LogP contribution in [0.3, 0.4) is 0 Å². The first-order valence-electron chi connectivity index (χ1n) is 9.14. The van der Waals surface area contributed by atoms with Gasteiger partial charge in [-0.05, 0) is 18.4 Å². The topological polar surface area (TPSA) is 77.9 Å². The van der Waals surface area contributed by atoms with Crippen molar-refractivity contribution >= 4 is 17.8 Å². The molecule has 6 nitrogen and oxygen atoms in total. The van der Waals surface area contributed by atoms with Gasteiger partial charge in [0, 0.05) is 26.1 Å². The molecule has 1 aromatic rings. The minimum atomic E-state index is -0.923. The molecule has 26 heavy (non-hydrogen) atoms.